The molecule has 2 aromatic rings. The molecule has 26 heavy (non-hydrogen) atoms. The van der Waals surface area contributed by atoms with Gasteiger partial charge in [0, 0.05) is 16.9 Å². The van der Waals surface area contributed by atoms with Crippen LogP contribution >= 0.6 is 22.6 Å². The lowest BCUT2D eigenvalue weighted by atomic mass is 9.87. The van der Waals surface area contributed by atoms with Crippen molar-refractivity contribution in [2.45, 2.75) is 64.4 Å². The molecule has 7 heteroatoms. The van der Waals surface area contributed by atoms with Crippen LogP contribution in [0.4, 0.5) is 0 Å². The largest absolute Gasteiger partial charge is 0.459 e. The Labute approximate surface area is 163 Å². The third kappa shape index (κ3) is 4.62. The Morgan fingerprint density at radius 3 is 2.77 bits per heavy atom. The van der Waals surface area contributed by atoms with Crippen molar-refractivity contribution in [2.24, 2.45) is 0 Å². The molecule has 1 aliphatic carbocycles. The first-order valence-electron chi connectivity index (χ1n) is 9.14. The van der Waals surface area contributed by atoms with Gasteiger partial charge in [0.15, 0.2) is 0 Å². The van der Waals surface area contributed by atoms with E-state index in [0.29, 0.717) is 11.5 Å². The fourth-order valence-electron chi connectivity index (χ4n) is 3.44. The second-order valence-corrected chi connectivity index (χ2v) is 8.03. The molecule has 1 aromatic carbocycles. The molecule has 0 radical (unpaired) electrons. The second-order valence-electron chi connectivity index (χ2n) is 7.03. The molecule has 3 rings (SSSR count). The highest BCUT2D eigenvalue weighted by atomic mass is 33.1. The van der Waals surface area contributed by atoms with Gasteiger partial charge in [-0.1, -0.05) is 41.8 Å². The van der Waals surface area contributed by atoms with E-state index in [1.54, 1.807) is 0 Å². The fourth-order valence-corrected chi connectivity index (χ4v) is 4.19. The second kappa shape index (κ2) is 8.95. The quantitative estimate of drug-likeness (QED) is 0.458. The summed E-state index contributed by atoms with van der Waals surface area (Å²) in [6.07, 6.45) is 6.54. The maximum Gasteiger partial charge on any atom is 0.338 e. The number of rotatable bonds is 5. The van der Waals surface area contributed by atoms with Gasteiger partial charge in [-0.15, -0.1) is 5.10 Å². The summed E-state index contributed by atoms with van der Waals surface area (Å²) in [5.41, 5.74) is 4.11. The Hall–Kier alpha value is -1.47. The molecule has 0 aliphatic heterocycles. The van der Waals surface area contributed by atoms with Crippen LogP contribution in [0.1, 0.15) is 72.8 Å². The molecule has 0 bridgehead atoms. The van der Waals surface area contributed by atoms with Crippen molar-refractivity contribution in [2.75, 3.05) is 0 Å². The average Bonchev–Trinajstić information content (AvgIpc) is 3.00. The summed E-state index contributed by atoms with van der Waals surface area (Å²) < 4.78 is 7.08. The van der Waals surface area contributed by atoms with Gasteiger partial charge in [0.1, 0.15) is 0 Å². The van der Waals surface area contributed by atoms with Gasteiger partial charge < -0.3 is 4.74 Å². The molecule has 1 atom stereocenters. The standard InChI is InChI=1S/C19H25N3O2S2/c1-13(2)24-19(23)15-10-8-14(9-11-15)12-16-6-4-3-5-7-17-18(16)20-21-22(17)26-25/h8-11,13,16,25H,3-7,12H2,1-2H3. The molecule has 0 saturated carbocycles. The smallest absolute Gasteiger partial charge is 0.338 e. The number of benzene rings is 1. The number of nitrogens with zero attached hydrogens (tertiary/aromatic N) is 3. The number of hydrogen-bond donors (Lipinski definition) is 1. The van der Waals surface area contributed by atoms with Crippen molar-refractivity contribution in [1.29, 1.82) is 0 Å². The van der Waals surface area contributed by atoms with Crippen LogP contribution in [-0.2, 0) is 17.6 Å². The van der Waals surface area contributed by atoms with Crippen LogP contribution in [0.3, 0.4) is 0 Å². The number of thiol groups is 1. The van der Waals surface area contributed by atoms with Crippen molar-refractivity contribution >= 4 is 28.6 Å². The lowest BCUT2D eigenvalue weighted by Gasteiger charge is -2.19. The van der Waals surface area contributed by atoms with E-state index in [2.05, 4.69) is 22.0 Å². The Balaban J connectivity index is 1.76. The van der Waals surface area contributed by atoms with Gasteiger partial charge in [-0.25, -0.2) is 4.79 Å². The van der Waals surface area contributed by atoms with Crippen LogP contribution < -0.4 is 0 Å². The van der Waals surface area contributed by atoms with Gasteiger partial charge in [-0.05, 0) is 57.2 Å². The van der Waals surface area contributed by atoms with Gasteiger partial charge in [-0.2, -0.15) is 4.09 Å². The minimum absolute atomic E-state index is 0.108. The number of hydrogen-bond acceptors (Lipinski definition) is 6. The highest BCUT2D eigenvalue weighted by Gasteiger charge is 2.24. The number of carbonyl (C=O) groups is 1. The topological polar surface area (TPSA) is 57.0 Å². The van der Waals surface area contributed by atoms with Gasteiger partial charge in [0.25, 0.3) is 0 Å². The Morgan fingerprint density at radius 1 is 1.31 bits per heavy atom. The highest BCUT2D eigenvalue weighted by Crippen LogP contribution is 2.32. The normalized spacial score (nSPS) is 17.5. The van der Waals surface area contributed by atoms with E-state index in [1.165, 1.54) is 41.5 Å². The monoisotopic (exact) mass is 391 g/mol. The average molecular weight is 392 g/mol. The van der Waals surface area contributed by atoms with Crippen LogP contribution in [0.2, 0.25) is 0 Å². The number of aromatic nitrogens is 3. The summed E-state index contributed by atoms with van der Waals surface area (Å²) >= 11 is 4.29. The van der Waals surface area contributed by atoms with Crippen LogP contribution in [0.25, 0.3) is 0 Å². The third-order valence-corrected chi connectivity index (χ3v) is 5.62. The van der Waals surface area contributed by atoms with E-state index >= 15 is 0 Å². The van der Waals surface area contributed by atoms with Crippen molar-refractivity contribution in [3.05, 3.63) is 46.8 Å². The van der Waals surface area contributed by atoms with Crippen LogP contribution in [-0.4, -0.2) is 26.5 Å². The Kier molecular flexibility index (Phi) is 6.64. The number of esters is 1. The minimum atomic E-state index is -0.270. The molecule has 5 nitrogen and oxygen atoms in total. The molecule has 1 aromatic heterocycles. The fraction of sp³-hybridized carbons (Fsp3) is 0.526. The molecule has 0 spiro atoms. The minimum Gasteiger partial charge on any atom is -0.459 e. The molecule has 1 heterocycles. The molecular formula is C19H25N3O2S2. The lowest BCUT2D eigenvalue weighted by molar-refractivity contribution is 0.0378. The molecule has 0 saturated heterocycles. The lowest BCUT2D eigenvalue weighted by Crippen LogP contribution is -2.12. The molecule has 0 fully saturated rings. The zero-order chi connectivity index (χ0) is 18.5. The van der Waals surface area contributed by atoms with E-state index in [-0.39, 0.29) is 12.1 Å². The first kappa shape index (κ1) is 19.3. The summed E-state index contributed by atoms with van der Waals surface area (Å²) in [6, 6.07) is 7.74. The van der Waals surface area contributed by atoms with E-state index in [1.807, 2.05) is 42.2 Å². The predicted octanol–water partition coefficient (Wildman–Crippen LogP) is 4.63. The van der Waals surface area contributed by atoms with Crippen LogP contribution in [0, 0.1) is 0 Å². The SMILES string of the molecule is CC(C)OC(=O)c1ccc(CC2CCCCCc3c2nnn3SS)cc1. The third-order valence-electron chi connectivity index (χ3n) is 4.70. The van der Waals surface area contributed by atoms with E-state index in [0.717, 1.165) is 25.0 Å². The summed E-state index contributed by atoms with van der Waals surface area (Å²) in [4.78, 5) is 12.0. The van der Waals surface area contributed by atoms with Gasteiger partial charge in [0.05, 0.1) is 23.1 Å². The molecule has 1 unspecified atom stereocenters. The summed E-state index contributed by atoms with van der Waals surface area (Å²) in [5.74, 6) is 0.0848. The van der Waals surface area contributed by atoms with Gasteiger partial charge in [-0.3, -0.25) is 0 Å². The first-order chi connectivity index (χ1) is 12.6. The number of fused-ring (bicyclic) bond motifs is 1. The molecule has 0 N–H and O–H groups in total. The van der Waals surface area contributed by atoms with Crippen LogP contribution in [0.15, 0.2) is 24.3 Å². The molecule has 0 amide bonds. The van der Waals surface area contributed by atoms with E-state index in [9.17, 15) is 4.79 Å². The number of carbonyl (C=O) groups excluding carboxylic acids is 1. The zero-order valence-electron chi connectivity index (χ0n) is 15.2. The van der Waals surface area contributed by atoms with Crippen molar-refractivity contribution in [3.63, 3.8) is 0 Å². The summed E-state index contributed by atoms with van der Waals surface area (Å²) in [5, 5.41) is 8.70. The van der Waals surface area contributed by atoms with Gasteiger partial charge in [0.2, 0.25) is 0 Å². The maximum absolute atomic E-state index is 12.0. The Bertz CT molecular complexity index is 744. The first-order valence-corrected chi connectivity index (χ1v) is 11.0. The Morgan fingerprint density at radius 2 is 2.08 bits per heavy atom. The van der Waals surface area contributed by atoms with Crippen molar-refractivity contribution < 1.29 is 9.53 Å². The van der Waals surface area contributed by atoms with Crippen molar-refractivity contribution in [3.8, 4) is 0 Å². The summed E-state index contributed by atoms with van der Waals surface area (Å²) in [7, 11) is 1.31. The van der Waals surface area contributed by atoms with Crippen LogP contribution in [0.5, 0.6) is 0 Å². The molecule has 140 valence electrons. The van der Waals surface area contributed by atoms with E-state index in [4.69, 9.17) is 4.74 Å². The predicted molar refractivity (Wildman–Crippen MR) is 108 cm³/mol. The summed E-state index contributed by atoms with van der Waals surface area (Å²) in [6.45, 7) is 3.71. The van der Waals surface area contributed by atoms with E-state index < -0.39 is 0 Å². The number of ether oxygens (including phenoxy) is 1. The van der Waals surface area contributed by atoms with Crippen molar-refractivity contribution in [1.82, 2.24) is 14.4 Å². The maximum atomic E-state index is 12.0. The highest BCUT2D eigenvalue weighted by molar-refractivity contribution is 8.67. The zero-order valence-corrected chi connectivity index (χ0v) is 16.9. The molecule has 1 aliphatic rings. The molecular weight excluding hydrogens is 366 g/mol. The van der Waals surface area contributed by atoms with Gasteiger partial charge >= 0.3 is 5.97 Å².